The van der Waals surface area contributed by atoms with Gasteiger partial charge in [-0.3, -0.25) is 14.4 Å². The molecule has 8 heteroatoms. The minimum atomic E-state index is -1.17. The number of fused-ring (bicyclic) bond motifs is 1. The van der Waals surface area contributed by atoms with Gasteiger partial charge < -0.3 is 15.2 Å². The SMILES string of the molecule is Cc1c(F)c(F)cc2c1C(O)=C(C(=O)NCC(=O)OC(C)(C)C)C(=O)C2C. The third-order valence-electron chi connectivity index (χ3n) is 4.10. The van der Waals surface area contributed by atoms with Gasteiger partial charge in [0.25, 0.3) is 5.91 Å². The van der Waals surface area contributed by atoms with Crippen LogP contribution in [0.15, 0.2) is 11.6 Å². The second kappa shape index (κ2) is 7.09. The highest BCUT2D eigenvalue weighted by Crippen LogP contribution is 2.38. The first-order chi connectivity index (χ1) is 12.3. The first-order valence-corrected chi connectivity index (χ1v) is 8.31. The Kier molecular flexibility index (Phi) is 5.40. The summed E-state index contributed by atoms with van der Waals surface area (Å²) in [5.74, 6) is -6.50. The number of Topliss-reactive ketones (excluding diaryl/α,β-unsaturated/α-hetero) is 1. The Hall–Kier alpha value is -2.77. The van der Waals surface area contributed by atoms with Gasteiger partial charge >= 0.3 is 5.97 Å². The summed E-state index contributed by atoms with van der Waals surface area (Å²) in [6, 6.07) is 0.839. The van der Waals surface area contributed by atoms with Crippen LogP contribution in [0, 0.1) is 18.6 Å². The molecule has 146 valence electrons. The molecule has 2 rings (SSSR count). The van der Waals surface area contributed by atoms with Crippen molar-refractivity contribution in [2.45, 2.75) is 46.1 Å². The zero-order chi connectivity index (χ0) is 20.7. The van der Waals surface area contributed by atoms with Crippen LogP contribution in [-0.2, 0) is 19.1 Å². The molecule has 0 spiro atoms. The molecule has 1 aromatic carbocycles. The maximum Gasteiger partial charge on any atom is 0.325 e. The van der Waals surface area contributed by atoms with Crippen molar-refractivity contribution >= 4 is 23.4 Å². The lowest BCUT2D eigenvalue weighted by molar-refractivity contribution is -0.154. The van der Waals surface area contributed by atoms with Gasteiger partial charge in [-0.1, -0.05) is 6.92 Å². The third kappa shape index (κ3) is 3.99. The van der Waals surface area contributed by atoms with Crippen molar-refractivity contribution in [1.82, 2.24) is 5.32 Å². The van der Waals surface area contributed by atoms with Gasteiger partial charge in [-0.25, -0.2) is 8.78 Å². The van der Waals surface area contributed by atoms with E-state index in [1.54, 1.807) is 20.8 Å². The van der Waals surface area contributed by atoms with E-state index in [9.17, 15) is 28.3 Å². The number of hydrogen-bond donors (Lipinski definition) is 2. The summed E-state index contributed by atoms with van der Waals surface area (Å²) in [5.41, 5.74) is -1.57. The lowest BCUT2D eigenvalue weighted by Gasteiger charge is -2.25. The average Bonchev–Trinajstić information content (AvgIpc) is 2.54. The fraction of sp³-hybridized carbons (Fsp3) is 0.421. The van der Waals surface area contributed by atoms with Crippen LogP contribution in [0.3, 0.4) is 0 Å². The number of rotatable bonds is 3. The molecule has 0 fully saturated rings. The molecule has 6 nitrogen and oxygen atoms in total. The molecule has 0 radical (unpaired) electrons. The summed E-state index contributed by atoms with van der Waals surface area (Å²) < 4.78 is 32.6. The van der Waals surface area contributed by atoms with Crippen molar-refractivity contribution in [3.05, 3.63) is 40.0 Å². The Balaban J connectivity index is 2.37. The van der Waals surface area contributed by atoms with Crippen LogP contribution in [0.4, 0.5) is 8.78 Å². The third-order valence-corrected chi connectivity index (χ3v) is 4.10. The molecule has 0 saturated heterocycles. The largest absolute Gasteiger partial charge is 0.506 e. The number of carbonyl (C=O) groups excluding carboxylic acids is 3. The Morgan fingerprint density at radius 2 is 1.89 bits per heavy atom. The van der Waals surface area contributed by atoms with Crippen LogP contribution in [0.25, 0.3) is 5.76 Å². The molecule has 0 bridgehead atoms. The van der Waals surface area contributed by atoms with Gasteiger partial charge in [-0.05, 0) is 44.9 Å². The van der Waals surface area contributed by atoms with E-state index in [-0.39, 0.29) is 16.7 Å². The molecule has 0 heterocycles. The van der Waals surface area contributed by atoms with Crippen LogP contribution >= 0.6 is 0 Å². The van der Waals surface area contributed by atoms with Gasteiger partial charge in [-0.15, -0.1) is 0 Å². The predicted molar refractivity (Wildman–Crippen MR) is 92.9 cm³/mol. The van der Waals surface area contributed by atoms with Crippen LogP contribution in [-0.4, -0.2) is 34.9 Å². The highest BCUT2D eigenvalue weighted by atomic mass is 19.2. The number of esters is 1. The Morgan fingerprint density at radius 1 is 1.30 bits per heavy atom. The molecule has 0 saturated carbocycles. The number of aliphatic hydroxyl groups is 1. The second-order valence-corrected chi connectivity index (χ2v) is 7.34. The van der Waals surface area contributed by atoms with E-state index in [0.717, 1.165) is 6.07 Å². The minimum Gasteiger partial charge on any atom is -0.506 e. The van der Waals surface area contributed by atoms with E-state index in [1.165, 1.54) is 13.8 Å². The molecule has 1 atom stereocenters. The lowest BCUT2D eigenvalue weighted by Crippen LogP contribution is -2.38. The van der Waals surface area contributed by atoms with Crippen LogP contribution < -0.4 is 5.32 Å². The monoisotopic (exact) mass is 381 g/mol. The zero-order valence-electron chi connectivity index (χ0n) is 15.7. The quantitative estimate of drug-likeness (QED) is 0.620. The van der Waals surface area contributed by atoms with E-state index in [0.29, 0.717) is 0 Å². The van der Waals surface area contributed by atoms with Crippen LogP contribution in [0.5, 0.6) is 0 Å². The molecule has 1 amide bonds. The highest BCUT2D eigenvalue weighted by molar-refractivity contribution is 6.27. The topological polar surface area (TPSA) is 92.7 Å². The minimum absolute atomic E-state index is 0.0941. The summed E-state index contributed by atoms with van der Waals surface area (Å²) >= 11 is 0. The first kappa shape index (κ1) is 20.5. The van der Waals surface area contributed by atoms with E-state index < -0.39 is 58.7 Å². The van der Waals surface area contributed by atoms with Crippen molar-refractivity contribution in [3.63, 3.8) is 0 Å². The summed E-state index contributed by atoms with van der Waals surface area (Å²) in [4.78, 5) is 36.6. The Labute approximate surface area is 155 Å². The number of ether oxygens (including phenoxy) is 1. The van der Waals surface area contributed by atoms with E-state index in [1.807, 2.05) is 0 Å². The standard InChI is InChI=1S/C19H21F2NO5/c1-8-10-6-11(20)15(21)9(2)13(10)17(25)14(16(8)24)18(26)22-7-12(23)27-19(3,4)5/h6,8,25H,7H2,1-5H3,(H,22,26). The normalized spacial score (nSPS) is 16.9. The number of aliphatic hydroxyl groups excluding tert-OH is 1. The van der Waals surface area contributed by atoms with Gasteiger partial charge in [-0.2, -0.15) is 0 Å². The Bertz CT molecular complexity index is 868. The van der Waals surface area contributed by atoms with E-state index in [4.69, 9.17) is 4.74 Å². The number of carbonyl (C=O) groups is 3. The number of benzene rings is 1. The van der Waals surface area contributed by atoms with Crippen molar-refractivity contribution < 1.29 is 33.0 Å². The predicted octanol–water partition coefficient (Wildman–Crippen LogP) is 2.69. The second-order valence-electron chi connectivity index (χ2n) is 7.34. The molecule has 2 N–H and O–H groups in total. The maximum absolute atomic E-state index is 13.9. The van der Waals surface area contributed by atoms with Crippen LogP contribution in [0.2, 0.25) is 0 Å². The average molecular weight is 381 g/mol. The molecule has 1 aromatic rings. The molecule has 1 unspecified atom stereocenters. The summed E-state index contributed by atoms with van der Waals surface area (Å²) in [6.45, 7) is 7.11. The molecule has 1 aliphatic rings. The number of nitrogens with one attached hydrogen (secondary N) is 1. The molecule has 1 aliphatic carbocycles. The maximum atomic E-state index is 13.9. The number of amides is 1. The van der Waals surface area contributed by atoms with Gasteiger partial charge in [0.15, 0.2) is 17.4 Å². The Morgan fingerprint density at radius 3 is 2.44 bits per heavy atom. The van der Waals surface area contributed by atoms with E-state index in [2.05, 4.69) is 5.32 Å². The number of hydrogen-bond acceptors (Lipinski definition) is 5. The highest BCUT2D eigenvalue weighted by Gasteiger charge is 2.37. The van der Waals surface area contributed by atoms with Gasteiger partial charge in [0.2, 0.25) is 0 Å². The fourth-order valence-electron chi connectivity index (χ4n) is 2.87. The van der Waals surface area contributed by atoms with Crippen molar-refractivity contribution in [1.29, 1.82) is 0 Å². The van der Waals surface area contributed by atoms with Crippen molar-refractivity contribution in [2.75, 3.05) is 6.54 Å². The van der Waals surface area contributed by atoms with Gasteiger partial charge in [0, 0.05) is 11.5 Å². The number of halogens is 2. The molecule has 0 aliphatic heterocycles. The zero-order valence-corrected chi connectivity index (χ0v) is 15.7. The number of ketones is 1. The molecule has 0 aromatic heterocycles. The molecular weight excluding hydrogens is 360 g/mol. The summed E-state index contributed by atoms with van der Waals surface area (Å²) in [7, 11) is 0. The summed E-state index contributed by atoms with van der Waals surface area (Å²) in [5, 5.41) is 12.6. The van der Waals surface area contributed by atoms with Crippen molar-refractivity contribution in [3.8, 4) is 0 Å². The first-order valence-electron chi connectivity index (χ1n) is 8.31. The molecular formula is C19H21F2NO5. The van der Waals surface area contributed by atoms with Gasteiger partial charge in [0.1, 0.15) is 23.5 Å². The van der Waals surface area contributed by atoms with E-state index >= 15 is 0 Å². The lowest BCUT2D eigenvalue weighted by atomic mass is 9.79. The van der Waals surface area contributed by atoms with Crippen LogP contribution in [0.1, 0.15) is 50.3 Å². The molecule has 27 heavy (non-hydrogen) atoms. The smallest absolute Gasteiger partial charge is 0.325 e. The van der Waals surface area contributed by atoms with Gasteiger partial charge in [0.05, 0.1) is 0 Å². The fourth-order valence-corrected chi connectivity index (χ4v) is 2.87. The van der Waals surface area contributed by atoms with Crippen molar-refractivity contribution in [2.24, 2.45) is 0 Å². The summed E-state index contributed by atoms with van der Waals surface area (Å²) in [6.07, 6.45) is 0.